The van der Waals surface area contributed by atoms with E-state index in [1.165, 1.54) is 12.1 Å². The highest BCUT2D eigenvalue weighted by Gasteiger charge is 2.40. The Kier molecular flexibility index (Phi) is 5.09. The Hall–Kier alpha value is -3.52. The Morgan fingerprint density at radius 2 is 1.50 bits per heavy atom. The lowest BCUT2D eigenvalue weighted by Crippen LogP contribution is -2.39. The number of fused-ring (bicyclic) bond motifs is 1. The Balaban J connectivity index is 1.81. The van der Waals surface area contributed by atoms with E-state index in [9.17, 15) is 22.0 Å². The summed E-state index contributed by atoms with van der Waals surface area (Å²) in [7, 11) is -4.28. The summed E-state index contributed by atoms with van der Waals surface area (Å²) in [5, 5.41) is 2.31. The van der Waals surface area contributed by atoms with Crippen molar-refractivity contribution in [2.75, 3.05) is 9.62 Å². The van der Waals surface area contributed by atoms with Gasteiger partial charge in [-0.05, 0) is 29.8 Å². The quantitative estimate of drug-likeness (QED) is 0.626. The van der Waals surface area contributed by atoms with Crippen LogP contribution in [-0.4, -0.2) is 14.2 Å². The van der Waals surface area contributed by atoms with Gasteiger partial charge in [0.2, 0.25) is 5.78 Å². The molecule has 0 aliphatic carbocycles. The predicted molar refractivity (Wildman–Crippen MR) is 110 cm³/mol. The van der Waals surface area contributed by atoms with Crippen LogP contribution in [0.15, 0.2) is 83.9 Å². The minimum atomic E-state index is -4.28. The summed E-state index contributed by atoms with van der Waals surface area (Å²) in [6.45, 7) is -0.00113. The van der Waals surface area contributed by atoms with Crippen LogP contribution in [0.25, 0.3) is 0 Å². The van der Waals surface area contributed by atoms with Crippen molar-refractivity contribution in [2.24, 2.45) is 0 Å². The first-order chi connectivity index (χ1) is 14.4. The summed E-state index contributed by atoms with van der Waals surface area (Å²) in [4.78, 5) is 12.3. The van der Waals surface area contributed by atoms with Gasteiger partial charge >= 0.3 is 0 Å². The summed E-state index contributed by atoms with van der Waals surface area (Å²) >= 11 is 0. The first-order valence-electron chi connectivity index (χ1n) is 9.00. The number of benzene rings is 3. The molecular formula is C22H16F2N2O3S. The van der Waals surface area contributed by atoms with Crippen LogP contribution in [0.1, 0.15) is 15.9 Å². The number of hydrogen-bond acceptors (Lipinski definition) is 4. The number of anilines is 2. The summed E-state index contributed by atoms with van der Waals surface area (Å²) in [5.41, 5.74) is 0.616. The van der Waals surface area contributed by atoms with Crippen LogP contribution in [0.4, 0.5) is 20.2 Å². The third kappa shape index (κ3) is 3.46. The fourth-order valence-corrected chi connectivity index (χ4v) is 4.74. The predicted octanol–water partition coefficient (Wildman–Crippen LogP) is 4.45. The van der Waals surface area contributed by atoms with E-state index in [2.05, 4.69) is 5.32 Å². The monoisotopic (exact) mass is 426 g/mol. The standard InChI is InChI=1S/C22H16F2N2O3S/c23-17-10-6-11-18(24)21(17)25-13-20-22(27)16-9-4-5-12-19(16)26(30(20,28)29)14-15-7-2-1-3-8-15/h1-13,25H,14H2. The molecule has 1 N–H and O–H groups in total. The smallest absolute Gasteiger partial charge is 0.270 e. The fourth-order valence-electron chi connectivity index (χ4n) is 3.21. The second kappa shape index (κ2) is 7.72. The average molecular weight is 426 g/mol. The van der Waals surface area contributed by atoms with E-state index in [0.717, 1.165) is 28.2 Å². The highest BCUT2D eigenvalue weighted by molar-refractivity contribution is 7.97. The molecule has 1 aliphatic rings. The molecule has 0 bridgehead atoms. The van der Waals surface area contributed by atoms with Gasteiger partial charge in [-0.25, -0.2) is 17.2 Å². The number of halogens is 2. The zero-order chi connectivity index (χ0) is 21.3. The van der Waals surface area contributed by atoms with Crippen molar-refractivity contribution < 1.29 is 22.0 Å². The Bertz CT molecular complexity index is 1240. The molecule has 0 aromatic heterocycles. The van der Waals surface area contributed by atoms with Gasteiger partial charge in [0.05, 0.1) is 12.2 Å². The van der Waals surface area contributed by atoms with Crippen molar-refractivity contribution in [3.05, 3.63) is 107 Å². The Morgan fingerprint density at radius 1 is 0.867 bits per heavy atom. The van der Waals surface area contributed by atoms with E-state index in [4.69, 9.17) is 0 Å². The molecule has 0 saturated carbocycles. The normalized spacial score (nSPS) is 16.4. The fraction of sp³-hybridized carbons (Fsp3) is 0.0455. The Labute approximate surface area is 172 Å². The highest BCUT2D eigenvalue weighted by Crippen LogP contribution is 2.36. The largest absolute Gasteiger partial charge is 0.355 e. The number of hydrogen-bond donors (Lipinski definition) is 1. The second-order valence-electron chi connectivity index (χ2n) is 6.59. The highest BCUT2D eigenvalue weighted by atomic mass is 32.2. The van der Waals surface area contributed by atoms with Crippen LogP contribution in [-0.2, 0) is 16.6 Å². The Morgan fingerprint density at radius 3 is 2.20 bits per heavy atom. The zero-order valence-electron chi connectivity index (χ0n) is 15.5. The molecule has 30 heavy (non-hydrogen) atoms. The molecule has 0 spiro atoms. The molecular weight excluding hydrogens is 410 g/mol. The minimum Gasteiger partial charge on any atom is -0.355 e. The molecule has 1 aliphatic heterocycles. The van der Waals surface area contributed by atoms with Gasteiger partial charge in [0.15, 0.2) is 4.91 Å². The number of ketones is 1. The number of para-hydroxylation sites is 2. The summed E-state index contributed by atoms with van der Waals surface area (Å²) in [5.74, 6) is -2.57. The van der Waals surface area contributed by atoms with Crippen LogP contribution >= 0.6 is 0 Å². The maximum atomic E-state index is 13.9. The van der Waals surface area contributed by atoms with Gasteiger partial charge in [-0.1, -0.05) is 48.5 Å². The lowest BCUT2D eigenvalue weighted by molar-refractivity contribution is 0.104. The third-order valence-electron chi connectivity index (χ3n) is 4.69. The van der Waals surface area contributed by atoms with E-state index in [1.807, 2.05) is 6.07 Å². The number of rotatable bonds is 4. The van der Waals surface area contributed by atoms with Gasteiger partial charge in [-0.15, -0.1) is 0 Å². The number of carbonyl (C=O) groups excluding carboxylic acids is 1. The van der Waals surface area contributed by atoms with Gasteiger partial charge in [0.1, 0.15) is 17.3 Å². The molecule has 0 atom stereocenters. The maximum absolute atomic E-state index is 13.9. The SMILES string of the molecule is O=C1C(=CNc2c(F)cccc2F)S(=O)(=O)N(Cc2ccccc2)c2ccccc21. The molecule has 5 nitrogen and oxygen atoms in total. The lowest BCUT2D eigenvalue weighted by atomic mass is 10.1. The number of nitrogens with one attached hydrogen (secondary N) is 1. The van der Waals surface area contributed by atoms with Crippen molar-refractivity contribution in [2.45, 2.75) is 6.54 Å². The third-order valence-corrected chi connectivity index (χ3v) is 6.45. The van der Waals surface area contributed by atoms with Crippen LogP contribution in [0.3, 0.4) is 0 Å². The van der Waals surface area contributed by atoms with Crippen molar-refractivity contribution in [1.82, 2.24) is 0 Å². The molecule has 4 rings (SSSR count). The number of allylic oxidation sites excluding steroid dienone is 1. The van der Waals surface area contributed by atoms with Gasteiger partial charge < -0.3 is 5.32 Å². The molecule has 0 unspecified atom stereocenters. The van der Waals surface area contributed by atoms with E-state index in [-0.39, 0.29) is 17.8 Å². The first-order valence-corrected chi connectivity index (χ1v) is 10.4. The second-order valence-corrected chi connectivity index (χ2v) is 8.42. The van der Waals surface area contributed by atoms with E-state index < -0.39 is 38.0 Å². The maximum Gasteiger partial charge on any atom is 0.270 e. The molecule has 8 heteroatoms. The van der Waals surface area contributed by atoms with E-state index >= 15 is 0 Å². The molecule has 3 aromatic rings. The molecule has 1 heterocycles. The van der Waals surface area contributed by atoms with Crippen LogP contribution in [0.2, 0.25) is 0 Å². The van der Waals surface area contributed by atoms with Crippen molar-refractivity contribution >= 4 is 27.2 Å². The average Bonchev–Trinajstić information content (AvgIpc) is 2.73. The van der Waals surface area contributed by atoms with Gasteiger partial charge in [-0.3, -0.25) is 9.10 Å². The number of sulfonamides is 1. The summed E-state index contributed by atoms with van der Waals surface area (Å²) < 4.78 is 55.5. The van der Waals surface area contributed by atoms with Crippen LogP contribution < -0.4 is 9.62 Å². The lowest BCUT2D eigenvalue weighted by Gasteiger charge is -2.31. The van der Waals surface area contributed by atoms with E-state index in [0.29, 0.717) is 0 Å². The van der Waals surface area contributed by atoms with Crippen molar-refractivity contribution in [3.8, 4) is 0 Å². The van der Waals surface area contributed by atoms with Crippen molar-refractivity contribution in [1.29, 1.82) is 0 Å². The molecule has 152 valence electrons. The molecule has 3 aromatic carbocycles. The summed E-state index contributed by atoms with van der Waals surface area (Å²) in [6, 6.07) is 18.5. The molecule has 0 amide bonds. The van der Waals surface area contributed by atoms with E-state index in [1.54, 1.807) is 42.5 Å². The minimum absolute atomic E-state index is 0.00113. The molecule has 0 saturated heterocycles. The van der Waals surface area contributed by atoms with Gasteiger partial charge in [-0.2, -0.15) is 0 Å². The number of Topliss-reactive ketones (excluding diaryl/α,β-unsaturated/α-hetero) is 1. The topological polar surface area (TPSA) is 66.5 Å². The van der Waals surface area contributed by atoms with Gasteiger partial charge in [0, 0.05) is 11.8 Å². The number of nitrogens with zero attached hydrogens (tertiary/aromatic N) is 1. The molecule has 0 fully saturated rings. The van der Waals surface area contributed by atoms with Gasteiger partial charge in [0.25, 0.3) is 10.0 Å². The zero-order valence-corrected chi connectivity index (χ0v) is 16.4. The molecule has 0 radical (unpaired) electrons. The first kappa shape index (κ1) is 19.8. The van der Waals surface area contributed by atoms with Crippen molar-refractivity contribution in [3.63, 3.8) is 0 Å². The van der Waals surface area contributed by atoms with Crippen LogP contribution in [0, 0.1) is 11.6 Å². The summed E-state index contributed by atoms with van der Waals surface area (Å²) in [6.07, 6.45) is 0.840. The number of carbonyl (C=O) groups is 1. The van der Waals surface area contributed by atoms with Crippen LogP contribution in [0.5, 0.6) is 0 Å².